The molecule has 3 atom stereocenters. The van der Waals surface area contributed by atoms with Crippen LogP contribution in [0.15, 0.2) is 22.2 Å². The molecule has 1 heterocycles. The molecular weight excluding hydrogens is 343 g/mol. The predicted octanol–water partition coefficient (Wildman–Crippen LogP) is -0.897. The number of hydrogen-bond donors (Lipinski definition) is 5. The molecule has 0 aliphatic rings. The first kappa shape index (κ1) is 20.1. The van der Waals surface area contributed by atoms with Crippen molar-refractivity contribution in [3.05, 3.63) is 33.2 Å². The van der Waals surface area contributed by atoms with E-state index in [4.69, 9.17) is 16.0 Å². The second-order valence-electron chi connectivity index (χ2n) is 4.71. The van der Waals surface area contributed by atoms with Crippen LogP contribution in [-0.2, 0) is 4.74 Å². The van der Waals surface area contributed by atoms with E-state index in [1.807, 2.05) is 5.43 Å². The maximum absolute atomic E-state index is 13.3. The zero-order chi connectivity index (χ0) is 19.0. The number of urea groups is 1. The van der Waals surface area contributed by atoms with Crippen molar-refractivity contribution in [2.24, 2.45) is 10.8 Å². The summed E-state index contributed by atoms with van der Waals surface area (Å²) in [4.78, 5) is 28.5. The second-order valence-corrected chi connectivity index (χ2v) is 4.71. The van der Waals surface area contributed by atoms with Gasteiger partial charge in [-0.3, -0.25) is 15.4 Å². The molecule has 2 amide bonds. The maximum atomic E-state index is 13.3. The van der Waals surface area contributed by atoms with Crippen LogP contribution in [0, 0.1) is 0 Å². The molecule has 25 heavy (non-hydrogen) atoms. The Hall–Kier alpha value is -2.93. The van der Waals surface area contributed by atoms with Crippen LogP contribution in [-0.4, -0.2) is 50.9 Å². The number of hydrazine groups is 1. The van der Waals surface area contributed by atoms with Gasteiger partial charge >= 0.3 is 11.7 Å². The van der Waals surface area contributed by atoms with Crippen LogP contribution in [0.1, 0.15) is 13.2 Å². The van der Waals surface area contributed by atoms with Crippen molar-refractivity contribution in [1.29, 1.82) is 0 Å². The van der Waals surface area contributed by atoms with Crippen molar-refractivity contribution in [2.45, 2.75) is 25.0 Å². The van der Waals surface area contributed by atoms with Gasteiger partial charge in [0, 0.05) is 11.1 Å². The van der Waals surface area contributed by atoms with Crippen LogP contribution in [0.5, 0.6) is 0 Å². The van der Waals surface area contributed by atoms with Crippen molar-refractivity contribution < 1.29 is 24.1 Å². The Bertz CT molecular complexity index is 706. The smallest absolute Gasteiger partial charge is 0.351 e. The number of aliphatic hydroxyl groups excluding tert-OH is 2. The highest BCUT2D eigenvalue weighted by Gasteiger charge is 2.39. The van der Waals surface area contributed by atoms with Gasteiger partial charge in [-0.25, -0.2) is 14.0 Å². The van der Waals surface area contributed by atoms with Crippen LogP contribution in [0.25, 0.3) is 10.4 Å². The summed E-state index contributed by atoms with van der Waals surface area (Å²) in [5.74, 6) is -0.0864. The third kappa shape index (κ3) is 5.02. The molecule has 0 aliphatic heterocycles. The molecule has 0 aliphatic carbocycles. The lowest BCUT2D eigenvalue weighted by atomic mass is 10.1. The minimum atomic E-state index is -2.20. The normalized spacial score (nSPS) is 15.4. The van der Waals surface area contributed by atoms with E-state index in [0.29, 0.717) is 4.57 Å². The highest BCUT2D eigenvalue weighted by atomic mass is 19.1. The molecule has 0 saturated carbocycles. The quantitative estimate of drug-likeness (QED) is 0.162. The molecule has 0 bridgehead atoms. The number of alkyl halides is 1. The first-order valence-electron chi connectivity index (χ1n) is 6.79. The largest absolute Gasteiger partial charge is 0.393 e. The van der Waals surface area contributed by atoms with Gasteiger partial charge in [0.25, 0.3) is 0 Å². The maximum Gasteiger partial charge on any atom is 0.351 e. The Morgan fingerprint density at radius 2 is 2.40 bits per heavy atom. The number of ether oxygens (including phenoxy) is 1. The molecule has 0 unspecified atom stereocenters. The fourth-order valence-corrected chi connectivity index (χ4v) is 1.71. The average molecular weight is 360 g/mol. The van der Waals surface area contributed by atoms with Crippen molar-refractivity contribution in [3.63, 3.8) is 0 Å². The SMILES string of the molecule is C[C@@H](O)[C@](CO)(N=[N+]=[N-])O[C@H](CF)n1ccc(NNC(N)=O)nc1=O. The monoisotopic (exact) mass is 360 g/mol. The lowest BCUT2D eigenvalue weighted by molar-refractivity contribution is -0.193. The number of nitrogens with zero attached hydrogens (tertiary/aromatic N) is 5. The molecular formula is C11H17FN8O5. The Morgan fingerprint density at radius 1 is 1.72 bits per heavy atom. The molecule has 0 spiro atoms. The van der Waals surface area contributed by atoms with E-state index < -0.39 is 43.1 Å². The molecule has 1 rings (SSSR count). The number of carbonyl (C=O) groups excluding carboxylic acids is 1. The van der Waals surface area contributed by atoms with Crippen molar-refractivity contribution in [3.8, 4) is 0 Å². The number of nitrogens with two attached hydrogens (primary N) is 1. The van der Waals surface area contributed by atoms with Crippen LogP contribution >= 0.6 is 0 Å². The van der Waals surface area contributed by atoms with Crippen molar-refractivity contribution >= 4 is 11.8 Å². The van der Waals surface area contributed by atoms with Crippen LogP contribution < -0.4 is 22.3 Å². The highest BCUT2D eigenvalue weighted by Crippen LogP contribution is 2.25. The zero-order valence-electron chi connectivity index (χ0n) is 13.0. The van der Waals surface area contributed by atoms with Gasteiger partial charge < -0.3 is 20.7 Å². The number of carbonyl (C=O) groups is 1. The van der Waals surface area contributed by atoms with Crippen LogP contribution in [0.3, 0.4) is 0 Å². The highest BCUT2D eigenvalue weighted by molar-refractivity contribution is 5.72. The molecule has 0 fully saturated rings. The minimum absolute atomic E-state index is 0.0864. The van der Waals surface area contributed by atoms with E-state index in [0.717, 1.165) is 13.1 Å². The Kier molecular flexibility index (Phi) is 7.07. The molecule has 1 aromatic heterocycles. The number of amides is 2. The fraction of sp³-hybridized carbons (Fsp3) is 0.545. The van der Waals surface area contributed by atoms with Crippen LogP contribution in [0.2, 0.25) is 0 Å². The Morgan fingerprint density at radius 3 is 2.84 bits per heavy atom. The molecule has 138 valence electrons. The molecule has 6 N–H and O–H groups in total. The molecule has 0 aromatic carbocycles. The molecule has 1 aromatic rings. The Labute approximate surface area is 139 Å². The summed E-state index contributed by atoms with van der Waals surface area (Å²) >= 11 is 0. The van der Waals surface area contributed by atoms with Gasteiger partial charge in [-0.1, -0.05) is 5.11 Å². The first-order chi connectivity index (χ1) is 11.8. The van der Waals surface area contributed by atoms with Gasteiger partial charge in [0.2, 0.25) is 0 Å². The van der Waals surface area contributed by atoms with E-state index in [1.54, 1.807) is 0 Å². The molecule has 0 saturated heterocycles. The third-order valence-corrected chi connectivity index (χ3v) is 3.02. The topological polar surface area (TPSA) is 200 Å². The lowest BCUT2D eigenvalue weighted by Crippen LogP contribution is -2.48. The van der Waals surface area contributed by atoms with Gasteiger partial charge in [0.05, 0.1) is 12.7 Å². The predicted molar refractivity (Wildman–Crippen MR) is 81.6 cm³/mol. The number of aromatic nitrogens is 2. The summed E-state index contributed by atoms with van der Waals surface area (Å²) in [6.45, 7) is -1.07. The summed E-state index contributed by atoms with van der Waals surface area (Å²) in [5, 5.41) is 22.2. The number of aliphatic hydroxyl groups is 2. The summed E-state index contributed by atoms with van der Waals surface area (Å²) in [7, 11) is 0. The van der Waals surface area contributed by atoms with E-state index in [2.05, 4.69) is 20.4 Å². The average Bonchev–Trinajstić information content (AvgIpc) is 2.57. The van der Waals surface area contributed by atoms with E-state index >= 15 is 0 Å². The number of nitrogens with one attached hydrogen (secondary N) is 2. The number of anilines is 1. The number of hydrogen-bond acceptors (Lipinski definition) is 8. The number of primary amides is 1. The zero-order valence-corrected chi connectivity index (χ0v) is 13.0. The summed E-state index contributed by atoms with van der Waals surface area (Å²) < 4.78 is 19.2. The minimum Gasteiger partial charge on any atom is -0.393 e. The fourth-order valence-electron chi connectivity index (χ4n) is 1.71. The van der Waals surface area contributed by atoms with Gasteiger partial charge in [-0.05, 0) is 18.5 Å². The van der Waals surface area contributed by atoms with Crippen molar-refractivity contribution in [2.75, 3.05) is 18.7 Å². The van der Waals surface area contributed by atoms with Gasteiger partial charge in [0.15, 0.2) is 17.8 Å². The summed E-state index contributed by atoms with van der Waals surface area (Å²) in [5.41, 5.74) is 14.4. The Balaban J connectivity index is 3.12. The van der Waals surface area contributed by atoms with Crippen molar-refractivity contribution in [1.82, 2.24) is 15.0 Å². The molecule has 14 heteroatoms. The summed E-state index contributed by atoms with van der Waals surface area (Å²) in [6, 6.07) is 0.273. The lowest BCUT2D eigenvalue weighted by Gasteiger charge is -2.33. The van der Waals surface area contributed by atoms with E-state index in [1.165, 1.54) is 6.07 Å². The molecule has 13 nitrogen and oxygen atoms in total. The van der Waals surface area contributed by atoms with E-state index in [9.17, 15) is 24.2 Å². The van der Waals surface area contributed by atoms with Gasteiger partial charge in [-0.15, -0.1) is 0 Å². The van der Waals surface area contributed by atoms with Crippen LogP contribution in [0.4, 0.5) is 15.0 Å². The van der Waals surface area contributed by atoms with Gasteiger partial charge in [-0.2, -0.15) is 4.98 Å². The first-order valence-corrected chi connectivity index (χ1v) is 6.79. The summed E-state index contributed by atoms with van der Waals surface area (Å²) in [6.07, 6.45) is -2.08. The van der Waals surface area contributed by atoms with Gasteiger partial charge in [0.1, 0.15) is 6.67 Å². The standard InChI is InChI=1S/C11H17FN8O5/c1-6(22)11(5-21,18-19-14)25-8(4-12)20-3-2-7(15-10(20)24)16-17-9(13)23/h2-3,6,8,21-22H,4-5H2,1H3,(H3,13,17,23)(H,15,16,24)/t6-,8-,11-/m1/s1. The van der Waals surface area contributed by atoms with E-state index in [-0.39, 0.29) is 5.82 Å². The molecule has 0 radical (unpaired) electrons. The second kappa shape index (κ2) is 8.79. The number of rotatable bonds is 9. The third-order valence-electron chi connectivity index (χ3n) is 3.02. The number of halogens is 1. The number of azide groups is 1.